The Morgan fingerprint density at radius 3 is 2.65 bits per heavy atom. The van der Waals surface area contributed by atoms with Crippen molar-refractivity contribution in [2.75, 3.05) is 0 Å². The third-order valence-corrected chi connectivity index (χ3v) is 3.29. The Balaban J connectivity index is 2.19. The van der Waals surface area contributed by atoms with Crippen molar-refractivity contribution in [1.29, 1.82) is 0 Å². The first-order chi connectivity index (χ1) is 11.0. The fraction of sp³-hybridized carbons (Fsp3) is 0.143. The summed E-state index contributed by atoms with van der Waals surface area (Å²) in [6, 6.07) is 2.91. The molecule has 0 spiro atoms. The minimum Gasteiger partial charge on any atom is -0.476 e. The fourth-order valence-electron chi connectivity index (χ4n) is 2.13. The minimum atomic E-state index is -1.21. The molecule has 0 atom stereocenters. The molecule has 9 nitrogen and oxygen atoms in total. The van der Waals surface area contributed by atoms with Gasteiger partial charge in [-0.15, -0.1) is 5.10 Å². The highest BCUT2D eigenvalue weighted by Gasteiger charge is 2.13. The second-order valence-electron chi connectivity index (χ2n) is 4.91. The number of aromatic nitrogens is 6. The molecule has 0 radical (unpaired) electrons. The smallest absolute Gasteiger partial charge is 0.356 e. The molecule has 0 unspecified atom stereocenters. The van der Waals surface area contributed by atoms with Gasteiger partial charge in [0.2, 0.25) is 0 Å². The van der Waals surface area contributed by atoms with Crippen molar-refractivity contribution in [3.05, 3.63) is 52.3 Å². The second kappa shape index (κ2) is 5.44. The lowest BCUT2D eigenvalue weighted by Crippen LogP contribution is -2.26. The molecule has 0 aromatic carbocycles. The zero-order chi connectivity index (χ0) is 16.6. The van der Waals surface area contributed by atoms with Crippen molar-refractivity contribution in [3.63, 3.8) is 0 Å². The maximum Gasteiger partial charge on any atom is 0.356 e. The third kappa shape index (κ3) is 2.59. The molecule has 0 fully saturated rings. The maximum atomic E-state index is 12.3. The van der Waals surface area contributed by atoms with Crippen molar-refractivity contribution >= 4 is 5.97 Å². The summed E-state index contributed by atoms with van der Waals surface area (Å²) in [5, 5.41) is 20.6. The molecule has 0 aliphatic rings. The molecule has 23 heavy (non-hydrogen) atoms. The molecule has 0 aliphatic heterocycles. The standard InChI is InChI=1S/C14H12N6O3/c1-8-3-11(14(22)23)17-20(13(8)21)10-4-9(5-15-6-10)12-7-16-18-19(12)2/h3-7H,1-2H3,(H,22,23). The van der Waals surface area contributed by atoms with Crippen LogP contribution in [0.15, 0.2) is 35.5 Å². The fourth-order valence-corrected chi connectivity index (χ4v) is 2.13. The van der Waals surface area contributed by atoms with Crippen LogP contribution in [-0.2, 0) is 7.05 Å². The molecule has 0 amide bonds. The second-order valence-corrected chi connectivity index (χ2v) is 4.91. The van der Waals surface area contributed by atoms with Gasteiger partial charge in [-0.05, 0) is 19.1 Å². The van der Waals surface area contributed by atoms with Gasteiger partial charge in [0, 0.05) is 24.4 Å². The zero-order valence-electron chi connectivity index (χ0n) is 12.3. The van der Waals surface area contributed by atoms with E-state index in [9.17, 15) is 9.59 Å². The van der Waals surface area contributed by atoms with Gasteiger partial charge in [0.25, 0.3) is 5.56 Å². The Kier molecular flexibility index (Phi) is 3.45. The molecular formula is C14H12N6O3. The van der Waals surface area contributed by atoms with Gasteiger partial charge in [0.1, 0.15) is 0 Å². The Labute approximate surface area is 129 Å². The summed E-state index contributed by atoms with van der Waals surface area (Å²) in [7, 11) is 1.73. The van der Waals surface area contributed by atoms with Crippen molar-refractivity contribution in [3.8, 4) is 16.9 Å². The van der Waals surface area contributed by atoms with Crippen LogP contribution in [0.3, 0.4) is 0 Å². The average Bonchev–Trinajstić information content (AvgIpc) is 2.96. The number of aryl methyl sites for hydroxylation is 2. The number of carboxylic acid groups (broad SMARTS) is 1. The predicted molar refractivity (Wildman–Crippen MR) is 79.3 cm³/mol. The topological polar surface area (TPSA) is 116 Å². The number of aromatic carboxylic acids is 1. The number of hydrogen-bond acceptors (Lipinski definition) is 6. The van der Waals surface area contributed by atoms with E-state index in [1.165, 1.54) is 19.2 Å². The molecule has 3 rings (SSSR count). The highest BCUT2D eigenvalue weighted by atomic mass is 16.4. The lowest BCUT2D eigenvalue weighted by atomic mass is 10.2. The summed E-state index contributed by atoms with van der Waals surface area (Å²) in [4.78, 5) is 27.5. The molecule has 0 saturated carbocycles. The Bertz CT molecular complexity index is 959. The number of hydrogen-bond donors (Lipinski definition) is 1. The number of nitrogens with zero attached hydrogens (tertiary/aromatic N) is 6. The SMILES string of the molecule is Cc1cc(C(=O)O)nn(-c2cncc(-c3cnnn3C)c2)c1=O. The quantitative estimate of drug-likeness (QED) is 0.745. The van der Waals surface area contributed by atoms with E-state index >= 15 is 0 Å². The Morgan fingerprint density at radius 1 is 1.22 bits per heavy atom. The van der Waals surface area contributed by atoms with Gasteiger partial charge in [-0.3, -0.25) is 9.78 Å². The molecule has 1 N–H and O–H groups in total. The zero-order valence-corrected chi connectivity index (χ0v) is 12.3. The first-order valence-corrected chi connectivity index (χ1v) is 6.62. The number of carboxylic acids is 1. The molecule has 3 aromatic heterocycles. The predicted octanol–water partition coefficient (Wildman–Crippen LogP) is 0.430. The van der Waals surface area contributed by atoms with Gasteiger partial charge < -0.3 is 5.11 Å². The average molecular weight is 312 g/mol. The first kappa shape index (κ1) is 14.6. The molecule has 3 aromatic rings. The summed E-state index contributed by atoms with van der Waals surface area (Å²) >= 11 is 0. The van der Waals surface area contributed by atoms with Crippen molar-refractivity contribution < 1.29 is 9.90 Å². The van der Waals surface area contributed by atoms with Gasteiger partial charge in [-0.1, -0.05) is 5.21 Å². The first-order valence-electron chi connectivity index (χ1n) is 6.62. The molecule has 3 heterocycles. The van der Waals surface area contributed by atoms with Crippen LogP contribution >= 0.6 is 0 Å². The Morgan fingerprint density at radius 2 is 2.00 bits per heavy atom. The van der Waals surface area contributed by atoms with Crippen LogP contribution in [0.1, 0.15) is 16.1 Å². The van der Waals surface area contributed by atoms with Crippen LogP contribution < -0.4 is 5.56 Å². The lowest BCUT2D eigenvalue weighted by molar-refractivity contribution is 0.0688. The summed E-state index contributed by atoms with van der Waals surface area (Å²) in [5.41, 5.74) is 1.41. The van der Waals surface area contributed by atoms with Crippen LogP contribution in [-0.4, -0.2) is 40.8 Å². The highest BCUT2D eigenvalue weighted by Crippen LogP contribution is 2.18. The van der Waals surface area contributed by atoms with E-state index in [0.29, 0.717) is 16.9 Å². The van der Waals surface area contributed by atoms with Crippen LogP contribution in [0.25, 0.3) is 16.9 Å². The third-order valence-electron chi connectivity index (χ3n) is 3.29. The van der Waals surface area contributed by atoms with E-state index in [1.807, 2.05) is 0 Å². The van der Waals surface area contributed by atoms with Gasteiger partial charge in [0.05, 0.1) is 23.8 Å². The van der Waals surface area contributed by atoms with Crippen LogP contribution in [0, 0.1) is 6.92 Å². The molecule has 0 saturated heterocycles. The van der Waals surface area contributed by atoms with E-state index in [4.69, 9.17) is 5.11 Å². The number of pyridine rings is 1. The largest absolute Gasteiger partial charge is 0.476 e. The van der Waals surface area contributed by atoms with E-state index < -0.39 is 11.5 Å². The van der Waals surface area contributed by atoms with Gasteiger partial charge >= 0.3 is 5.97 Å². The van der Waals surface area contributed by atoms with E-state index in [1.54, 1.807) is 30.2 Å². The normalized spacial score (nSPS) is 10.7. The molecule has 116 valence electrons. The number of carbonyl (C=O) groups is 1. The van der Waals surface area contributed by atoms with Crippen LogP contribution in [0.2, 0.25) is 0 Å². The summed E-state index contributed by atoms with van der Waals surface area (Å²) < 4.78 is 2.59. The van der Waals surface area contributed by atoms with Crippen molar-refractivity contribution in [1.82, 2.24) is 29.8 Å². The number of rotatable bonds is 3. The van der Waals surface area contributed by atoms with Crippen molar-refractivity contribution in [2.45, 2.75) is 6.92 Å². The summed E-state index contributed by atoms with van der Waals surface area (Å²) in [6.07, 6.45) is 4.60. The summed E-state index contributed by atoms with van der Waals surface area (Å²) in [6.45, 7) is 1.54. The van der Waals surface area contributed by atoms with Gasteiger partial charge in [-0.25, -0.2) is 9.48 Å². The highest BCUT2D eigenvalue weighted by molar-refractivity contribution is 5.85. The van der Waals surface area contributed by atoms with E-state index in [0.717, 1.165) is 4.68 Å². The van der Waals surface area contributed by atoms with Crippen LogP contribution in [0.4, 0.5) is 0 Å². The lowest BCUT2D eigenvalue weighted by Gasteiger charge is -2.08. The van der Waals surface area contributed by atoms with Gasteiger partial charge in [0.15, 0.2) is 5.69 Å². The van der Waals surface area contributed by atoms with Crippen molar-refractivity contribution in [2.24, 2.45) is 7.05 Å². The Hall–Kier alpha value is -3.36. The van der Waals surface area contributed by atoms with Crippen LogP contribution in [0.5, 0.6) is 0 Å². The molecular weight excluding hydrogens is 300 g/mol. The molecule has 9 heteroatoms. The van der Waals surface area contributed by atoms with Gasteiger partial charge in [-0.2, -0.15) is 9.78 Å². The summed E-state index contributed by atoms with van der Waals surface area (Å²) in [5.74, 6) is -1.21. The minimum absolute atomic E-state index is 0.213. The monoisotopic (exact) mass is 312 g/mol. The van der Waals surface area contributed by atoms with E-state index in [2.05, 4.69) is 20.4 Å². The molecule has 0 aliphatic carbocycles. The molecule has 0 bridgehead atoms. The van der Waals surface area contributed by atoms with E-state index in [-0.39, 0.29) is 11.3 Å². The maximum absolute atomic E-state index is 12.3.